The van der Waals surface area contributed by atoms with Crippen LogP contribution in [0, 0.1) is 0 Å². The van der Waals surface area contributed by atoms with Crippen molar-refractivity contribution in [2.45, 2.75) is 50.9 Å². The largest absolute Gasteiger partial charge is 0.481 e. The maximum atomic E-state index is 13.3. The Morgan fingerprint density at radius 2 is 1.38 bits per heavy atom. The first-order valence-electron chi connectivity index (χ1n) is 14.7. The van der Waals surface area contributed by atoms with Gasteiger partial charge in [-0.25, -0.2) is 0 Å². The molecule has 254 valence electrons. The van der Waals surface area contributed by atoms with Gasteiger partial charge in [0.15, 0.2) is 0 Å². The first kappa shape index (κ1) is 36.6. The third-order valence-electron chi connectivity index (χ3n) is 6.89. The molecule has 1 aliphatic heterocycles. The molecule has 6 amide bonds. The van der Waals surface area contributed by atoms with Crippen LogP contribution in [0.3, 0.4) is 0 Å². The average Bonchev–Trinajstić information content (AvgIpc) is 3.37. The Bertz CT molecular complexity index is 1540. The van der Waals surface area contributed by atoms with E-state index in [0.29, 0.717) is 11.1 Å². The molecule has 0 aliphatic carbocycles. The summed E-state index contributed by atoms with van der Waals surface area (Å²) in [6.07, 6.45) is 0.956. The van der Waals surface area contributed by atoms with Crippen LogP contribution in [0.15, 0.2) is 66.7 Å². The van der Waals surface area contributed by atoms with E-state index in [4.69, 9.17) is 4.74 Å². The Morgan fingerprint density at radius 3 is 1.96 bits per heavy atom. The Labute approximate surface area is 274 Å². The van der Waals surface area contributed by atoms with Crippen molar-refractivity contribution < 1.29 is 53.3 Å². The molecule has 0 saturated carbocycles. The van der Waals surface area contributed by atoms with Gasteiger partial charge in [0.1, 0.15) is 24.7 Å². The van der Waals surface area contributed by atoms with E-state index < -0.39 is 78.5 Å². The number of rotatable bonds is 17. The highest BCUT2D eigenvalue weighted by atomic mass is 16.5. The summed E-state index contributed by atoms with van der Waals surface area (Å²) in [5.41, 5.74) is 1.50. The number of anilines is 1. The van der Waals surface area contributed by atoms with Crippen LogP contribution in [0.25, 0.3) is 0 Å². The van der Waals surface area contributed by atoms with E-state index in [1.165, 1.54) is 19.1 Å². The van der Waals surface area contributed by atoms with Gasteiger partial charge < -0.3 is 36.2 Å². The number of hydrogen-bond donors (Lipinski definition) is 6. The fourth-order valence-corrected chi connectivity index (χ4v) is 4.41. The zero-order chi connectivity index (χ0) is 35.2. The monoisotopic (exact) mass is 665 g/mol. The number of carboxylic acid groups (broad SMARTS) is 1. The molecule has 1 aliphatic rings. The second-order valence-corrected chi connectivity index (χ2v) is 10.6. The van der Waals surface area contributed by atoms with Crippen LogP contribution in [-0.4, -0.2) is 93.8 Å². The molecule has 6 N–H and O–H groups in total. The number of ether oxygens (including phenoxy) is 1. The number of aliphatic hydroxyl groups excluding tert-OH is 1. The molecule has 16 heteroatoms. The van der Waals surface area contributed by atoms with Gasteiger partial charge >= 0.3 is 11.9 Å². The number of carboxylic acids is 1. The highest BCUT2D eigenvalue weighted by Crippen LogP contribution is 2.12. The van der Waals surface area contributed by atoms with Crippen LogP contribution in [0.2, 0.25) is 0 Å². The number of esters is 1. The second kappa shape index (κ2) is 17.7. The van der Waals surface area contributed by atoms with Crippen LogP contribution in [0.4, 0.5) is 5.69 Å². The number of amides is 6. The predicted molar refractivity (Wildman–Crippen MR) is 166 cm³/mol. The number of carbonyl (C=O) groups excluding carboxylic acids is 7. The van der Waals surface area contributed by atoms with E-state index in [1.54, 1.807) is 42.5 Å². The van der Waals surface area contributed by atoms with Gasteiger partial charge in [-0.05, 0) is 23.3 Å². The number of nitrogens with zero attached hydrogens (tertiary/aromatic N) is 1. The highest BCUT2D eigenvalue weighted by Gasteiger charge is 2.31. The van der Waals surface area contributed by atoms with E-state index in [2.05, 4.69) is 21.3 Å². The molecule has 0 bridgehead atoms. The van der Waals surface area contributed by atoms with Crippen LogP contribution < -0.4 is 21.3 Å². The van der Waals surface area contributed by atoms with Gasteiger partial charge in [-0.1, -0.05) is 42.5 Å². The zero-order valence-electron chi connectivity index (χ0n) is 25.8. The number of imide groups is 1. The van der Waals surface area contributed by atoms with E-state index in [-0.39, 0.29) is 31.7 Å². The maximum absolute atomic E-state index is 13.3. The minimum absolute atomic E-state index is 0.00372. The van der Waals surface area contributed by atoms with Crippen LogP contribution >= 0.6 is 0 Å². The van der Waals surface area contributed by atoms with Gasteiger partial charge in [0.25, 0.3) is 11.8 Å². The molecular formula is C32H35N5O11. The van der Waals surface area contributed by atoms with Crippen molar-refractivity contribution in [2.24, 2.45) is 0 Å². The fourth-order valence-electron chi connectivity index (χ4n) is 4.41. The summed E-state index contributed by atoms with van der Waals surface area (Å²) in [6.45, 7) is 0.0819. The van der Waals surface area contributed by atoms with Gasteiger partial charge in [0.05, 0.1) is 13.0 Å². The minimum Gasteiger partial charge on any atom is -0.481 e. The molecule has 0 saturated heterocycles. The van der Waals surface area contributed by atoms with Crippen LogP contribution in [0.5, 0.6) is 0 Å². The van der Waals surface area contributed by atoms with Gasteiger partial charge in [-0.2, -0.15) is 0 Å². The summed E-state index contributed by atoms with van der Waals surface area (Å²) in [7, 11) is 0. The fraction of sp³-hybridized carbons (Fsp3) is 0.312. The number of hydrogen-bond acceptors (Lipinski definition) is 10. The standard InChI is InChI=1S/C32H35N5O11/c1-19(39)48-18-21-7-9-22(10-8-21)33-30(45)24(16-29(43)44)35-32(47)25(17-38)36-31(46)23(15-20-5-3-2-4-6-20)34-26(40)13-14-37-27(41)11-12-28(37)42/h2-12,23-25,38H,13-18H2,1H3,(H,33,45)(H,34,40)(H,35,47)(H,36,46)(H,43,44)/t23-,24-,25-/m0/s1. The third kappa shape index (κ3) is 11.5. The lowest BCUT2D eigenvalue weighted by Gasteiger charge is -2.24. The topological polar surface area (TPSA) is 238 Å². The summed E-state index contributed by atoms with van der Waals surface area (Å²) < 4.78 is 4.90. The molecule has 0 unspecified atom stereocenters. The predicted octanol–water partition coefficient (Wildman–Crippen LogP) is -0.833. The zero-order valence-corrected chi connectivity index (χ0v) is 25.8. The molecule has 2 aromatic rings. The van der Waals surface area contributed by atoms with Crippen LogP contribution in [0.1, 0.15) is 30.9 Å². The molecule has 0 radical (unpaired) electrons. The lowest BCUT2D eigenvalue weighted by molar-refractivity contribution is -0.142. The van der Waals surface area contributed by atoms with E-state index in [1.807, 2.05) is 0 Å². The van der Waals surface area contributed by atoms with Crippen molar-refractivity contribution in [1.29, 1.82) is 0 Å². The minimum atomic E-state index is -1.65. The lowest BCUT2D eigenvalue weighted by atomic mass is 10.0. The van der Waals surface area contributed by atoms with Crippen molar-refractivity contribution in [3.8, 4) is 0 Å². The Kier molecular flexibility index (Phi) is 13.5. The van der Waals surface area contributed by atoms with Gasteiger partial charge in [-0.3, -0.25) is 43.3 Å². The highest BCUT2D eigenvalue weighted by molar-refractivity contribution is 6.13. The van der Waals surface area contributed by atoms with E-state index >= 15 is 0 Å². The normalized spacial score (nSPS) is 14.0. The first-order chi connectivity index (χ1) is 22.9. The van der Waals surface area contributed by atoms with Crippen LogP contribution in [-0.2, 0) is 56.1 Å². The number of nitrogens with one attached hydrogen (secondary N) is 4. The van der Waals surface area contributed by atoms with Gasteiger partial charge in [0.2, 0.25) is 23.6 Å². The van der Waals surface area contributed by atoms with Crippen molar-refractivity contribution in [3.63, 3.8) is 0 Å². The summed E-state index contributed by atoms with van der Waals surface area (Å²) in [5.74, 6) is -6.59. The van der Waals surface area contributed by atoms with Crippen molar-refractivity contribution in [1.82, 2.24) is 20.9 Å². The Hall–Kier alpha value is -5.90. The first-order valence-corrected chi connectivity index (χ1v) is 14.7. The van der Waals surface area contributed by atoms with E-state index in [9.17, 15) is 48.6 Å². The number of aliphatic carboxylic acids is 1. The van der Waals surface area contributed by atoms with E-state index in [0.717, 1.165) is 17.1 Å². The Balaban J connectivity index is 1.66. The van der Waals surface area contributed by atoms with Crippen molar-refractivity contribution in [2.75, 3.05) is 18.5 Å². The molecular weight excluding hydrogens is 630 g/mol. The number of aliphatic hydroxyl groups is 1. The quantitative estimate of drug-likeness (QED) is 0.0900. The summed E-state index contributed by atoms with van der Waals surface area (Å²) in [4.78, 5) is 99.1. The van der Waals surface area contributed by atoms with Gasteiger partial charge in [0, 0.05) is 44.1 Å². The van der Waals surface area contributed by atoms with Gasteiger partial charge in [-0.15, -0.1) is 0 Å². The smallest absolute Gasteiger partial charge is 0.305 e. The average molecular weight is 666 g/mol. The molecule has 0 spiro atoms. The lowest BCUT2D eigenvalue weighted by Crippen LogP contribution is -2.58. The molecule has 2 aromatic carbocycles. The number of carbonyl (C=O) groups is 8. The molecule has 16 nitrogen and oxygen atoms in total. The molecule has 3 rings (SSSR count). The summed E-state index contributed by atoms with van der Waals surface area (Å²) in [6, 6.07) is 10.1. The molecule has 0 fully saturated rings. The van der Waals surface area contributed by atoms with Crippen molar-refractivity contribution in [3.05, 3.63) is 77.9 Å². The summed E-state index contributed by atoms with van der Waals surface area (Å²) >= 11 is 0. The third-order valence-corrected chi connectivity index (χ3v) is 6.89. The number of benzene rings is 2. The second-order valence-electron chi connectivity index (χ2n) is 10.6. The maximum Gasteiger partial charge on any atom is 0.305 e. The Morgan fingerprint density at radius 1 is 0.771 bits per heavy atom. The van der Waals surface area contributed by atoms with Crippen molar-refractivity contribution >= 4 is 53.1 Å². The summed E-state index contributed by atoms with van der Waals surface area (Å²) in [5, 5.41) is 28.8. The molecule has 48 heavy (non-hydrogen) atoms. The molecule has 0 aromatic heterocycles. The molecule has 1 heterocycles. The SMILES string of the molecule is CC(=O)OCc1ccc(NC(=O)[C@H](CC(=O)O)NC(=O)[C@H](CO)NC(=O)[C@H](Cc2ccccc2)NC(=O)CCN2C(=O)C=CC2=O)cc1. The molecule has 3 atom stereocenters.